The van der Waals surface area contributed by atoms with E-state index < -0.39 is 14.6 Å². The zero-order valence-corrected chi connectivity index (χ0v) is 10.8. The summed E-state index contributed by atoms with van der Waals surface area (Å²) < 4.78 is 28.5. The van der Waals surface area contributed by atoms with E-state index in [1.165, 1.54) is 0 Å². The van der Waals surface area contributed by atoms with E-state index >= 15 is 0 Å². The van der Waals surface area contributed by atoms with Crippen LogP contribution in [0, 0.1) is 0 Å². The SMILES string of the molecule is O=S(=O)(C1CC(O[SH-]#P)C1)C1(CO)CC1. The molecule has 1 N–H and O–H groups in total. The zero-order chi connectivity index (χ0) is 11.1. The van der Waals surface area contributed by atoms with Gasteiger partial charge in [0.2, 0.25) is 0 Å². The first-order chi connectivity index (χ1) is 7.05. The van der Waals surface area contributed by atoms with Crippen molar-refractivity contribution in [3.8, 4) is 0 Å². The van der Waals surface area contributed by atoms with E-state index in [-0.39, 0.29) is 18.0 Å². The van der Waals surface area contributed by atoms with Crippen LogP contribution >= 0.6 is 7.81 Å². The number of sulfone groups is 1. The van der Waals surface area contributed by atoms with E-state index in [2.05, 4.69) is 7.81 Å². The number of rotatable bonds is 4. The minimum atomic E-state index is -3.15. The third kappa shape index (κ3) is 1.95. The van der Waals surface area contributed by atoms with E-state index in [0.717, 1.165) is 0 Å². The van der Waals surface area contributed by atoms with Crippen molar-refractivity contribution in [2.75, 3.05) is 6.61 Å². The van der Waals surface area contributed by atoms with Gasteiger partial charge in [0.1, 0.15) is 0 Å². The Kier molecular flexibility index (Phi) is 3.35. The van der Waals surface area contributed by atoms with Gasteiger partial charge in [0, 0.05) is 0 Å². The van der Waals surface area contributed by atoms with Gasteiger partial charge in [-0.15, -0.1) is 0 Å². The standard InChI is InChI=1S/C8H14O4PS2/c9-5-8(1-2-8)15(10,11)7-3-6(4-7)12-14-13/h6-7,9,14H,1-5H2/q-1. The van der Waals surface area contributed by atoms with E-state index in [9.17, 15) is 8.42 Å². The van der Waals surface area contributed by atoms with Gasteiger partial charge in [-0.2, -0.15) is 0 Å². The molecule has 0 saturated heterocycles. The van der Waals surface area contributed by atoms with Crippen LogP contribution in [0.4, 0.5) is 0 Å². The minimum absolute atomic E-state index is 0.0263. The summed E-state index contributed by atoms with van der Waals surface area (Å²) in [5.41, 5.74) is 0. The molecule has 0 amide bonds. The number of aliphatic hydroxyl groups excluding tert-OH is 1. The third-order valence-electron chi connectivity index (χ3n) is 3.39. The van der Waals surface area contributed by atoms with Crippen molar-refractivity contribution < 1.29 is 17.7 Å². The number of aliphatic hydroxyl groups is 1. The van der Waals surface area contributed by atoms with Crippen molar-refractivity contribution in [1.82, 2.24) is 0 Å². The van der Waals surface area contributed by atoms with Crippen LogP contribution in [0.2, 0.25) is 0 Å². The Morgan fingerprint density at radius 1 is 1.47 bits per heavy atom. The summed E-state index contributed by atoms with van der Waals surface area (Å²) in [6, 6.07) is 0. The first kappa shape index (κ1) is 12.1. The van der Waals surface area contributed by atoms with Gasteiger partial charge < -0.3 is 0 Å². The van der Waals surface area contributed by atoms with Gasteiger partial charge >= 0.3 is 94.8 Å². The van der Waals surface area contributed by atoms with Crippen LogP contribution < -0.4 is 0 Å². The Morgan fingerprint density at radius 2 is 2.07 bits per heavy atom. The molecule has 2 aliphatic carbocycles. The van der Waals surface area contributed by atoms with Crippen LogP contribution in [0.5, 0.6) is 0 Å². The fraction of sp³-hybridized carbons (Fsp3) is 1.00. The van der Waals surface area contributed by atoms with Crippen molar-refractivity contribution >= 4 is 28.7 Å². The Balaban J connectivity index is 1.99. The van der Waals surface area contributed by atoms with Gasteiger partial charge in [0.25, 0.3) is 0 Å². The topological polar surface area (TPSA) is 63.6 Å². The summed E-state index contributed by atoms with van der Waals surface area (Å²) in [6.45, 7) is -0.234. The molecule has 0 aromatic rings. The summed E-state index contributed by atoms with van der Waals surface area (Å²) in [4.78, 5) is 0. The molecule has 0 unspecified atom stereocenters. The summed E-state index contributed by atoms with van der Waals surface area (Å²) in [7, 11) is 0.748. The predicted octanol–water partition coefficient (Wildman–Crippen LogP) is 0.529. The average molecular weight is 269 g/mol. The fourth-order valence-corrected chi connectivity index (χ4v) is 5.15. The molecular weight excluding hydrogens is 255 g/mol. The molecule has 2 aliphatic rings. The number of hydrogen-bond donors (Lipinski definition) is 1. The molecule has 15 heavy (non-hydrogen) atoms. The van der Waals surface area contributed by atoms with Gasteiger partial charge in [-0.05, 0) is 0 Å². The van der Waals surface area contributed by atoms with Crippen LogP contribution in [0.25, 0.3) is 0 Å². The summed E-state index contributed by atoms with van der Waals surface area (Å²) in [6.07, 6.45) is 2.35. The molecule has 2 fully saturated rings. The molecular formula is C8H14O4PS2-. The Hall–Kier alpha value is 0.650. The van der Waals surface area contributed by atoms with Crippen LogP contribution in [0.15, 0.2) is 0 Å². The Morgan fingerprint density at radius 3 is 2.47 bits per heavy atom. The van der Waals surface area contributed by atoms with E-state index in [1.54, 1.807) is 0 Å². The molecule has 0 bridgehead atoms. The molecule has 0 atom stereocenters. The first-order valence-corrected chi connectivity index (χ1v) is 8.41. The molecule has 0 aromatic carbocycles. The second-order valence-electron chi connectivity index (χ2n) is 4.29. The van der Waals surface area contributed by atoms with Crippen molar-refractivity contribution in [2.24, 2.45) is 0 Å². The molecule has 88 valence electrons. The maximum atomic E-state index is 12.0. The zero-order valence-electron chi connectivity index (χ0n) is 8.16. The number of thiol groups is 1. The number of hydrogen-bond acceptors (Lipinski definition) is 5. The fourth-order valence-electron chi connectivity index (χ4n) is 1.95. The third-order valence-corrected chi connectivity index (χ3v) is 7.07. The van der Waals surface area contributed by atoms with Gasteiger partial charge in [-0.3, -0.25) is 0 Å². The summed E-state index contributed by atoms with van der Waals surface area (Å²) >= 11 is 0.550. The Labute approximate surface area is 95.0 Å². The molecule has 0 aromatic heterocycles. The Bertz CT molecular complexity index is 389. The monoisotopic (exact) mass is 269 g/mol. The van der Waals surface area contributed by atoms with Crippen LogP contribution in [-0.4, -0.2) is 36.2 Å². The summed E-state index contributed by atoms with van der Waals surface area (Å²) in [5.74, 6) is 0. The van der Waals surface area contributed by atoms with Gasteiger partial charge in [0.15, 0.2) is 0 Å². The van der Waals surface area contributed by atoms with E-state index in [1.807, 2.05) is 0 Å². The van der Waals surface area contributed by atoms with Crippen molar-refractivity contribution in [2.45, 2.75) is 41.8 Å². The second kappa shape index (κ2) is 4.15. The maximum absolute atomic E-state index is 12.0. The first-order valence-electron chi connectivity index (χ1n) is 4.90. The van der Waals surface area contributed by atoms with Gasteiger partial charge in [-0.1, -0.05) is 0 Å². The average Bonchev–Trinajstić information content (AvgIpc) is 2.90. The van der Waals surface area contributed by atoms with Crippen LogP contribution in [-0.2, 0) is 25.0 Å². The second-order valence-corrected chi connectivity index (χ2v) is 7.78. The van der Waals surface area contributed by atoms with Crippen molar-refractivity contribution in [3.05, 3.63) is 0 Å². The molecule has 0 radical (unpaired) electrons. The molecule has 7 heteroatoms. The van der Waals surface area contributed by atoms with Crippen molar-refractivity contribution in [3.63, 3.8) is 0 Å². The van der Waals surface area contributed by atoms with E-state index in [4.69, 9.17) is 9.29 Å². The van der Waals surface area contributed by atoms with Gasteiger partial charge in [0.05, 0.1) is 0 Å². The summed E-state index contributed by atoms with van der Waals surface area (Å²) in [5, 5.41) is 8.79. The molecule has 2 rings (SSSR count). The van der Waals surface area contributed by atoms with Crippen LogP contribution in [0.3, 0.4) is 0 Å². The molecule has 2 saturated carbocycles. The van der Waals surface area contributed by atoms with Gasteiger partial charge in [-0.25, -0.2) is 0 Å². The normalized spacial score (nSPS) is 33.3. The predicted molar refractivity (Wildman–Crippen MR) is 61.5 cm³/mol. The molecule has 0 heterocycles. The molecule has 4 nitrogen and oxygen atoms in total. The van der Waals surface area contributed by atoms with Crippen molar-refractivity contribution in [1.29, 1.82) is 0 Å². The molecule has 0 spiro atoms. The van der Waals surface area contributed by atoms with Crippen LogP contribution in [0.1, 0.15) is 25.7 Å². The molecule has 0 aliphatic heterocycles. The van der Waals surface area contributed by atoms with E-state index in [0.29, 0.717) is 36.7 Å². The quantitative estimate of drug-likeness (QED) is 0.459.